The minimum atomic E-state index is -0.350. The maximum absolute atomic E-state index is 12.5. The fraction of sp³-hybridized carbons (Fsp3) is 0.0870. The van der Waals surface area contributed by atoms with Crippen molar-refractivity contribution in [2.24, 2.45) is 0 Å². The van der Waals surface area contributed by atoms with Gasteiger partial charge in [0.25, 0.3) is 5.91 Å². The second-order valence-corrected chi connectivity index (χ2v) is 7.66. The van der Waals surface area contributed by atoms with E-state index in [1.54, 1.807) is 42.6 Å². The van der Waals surface area contributed by atoms with E-state index in [-0.39, 0.29) is 17.5 Å². The lowest BCUT2D eigenvalue weighted by atomic mass is 10.1. The predicted molar refractivity (Wildman–Crippen MR) is 113 cm³/mol. The molecule has 0 aliphatic rings. The van der Waals surface area contributed by atoms with E-state index in [2.05, 4.69) is 22.4 Å². The first-order chi connectivity index (χ1) is 14.1. The van der Waals surface area contributed by atoms with Crippen LogP contribution in [0.3, 0.4) is 0 Å². The van der Waals surface area contributed by atoms with Crippen molar-refractivity contribution in [1.29, 1.82) is 0 Å². The van der Waals surface area contributed by atoms with E-state index in [0.717, 1.165) is 16.9 Å². The summed E-state index contributed by atoms with van der Waals surface area (Å²) in [5.41, 5.74) is 2.63. The zero-order valence-corrected chi connectivity index (χ0v) is 16.5. The average molecular weight is 402 g/mol. The fourth-order valence-corrected chi connectivity index (χ4v) is 3.73. The zero-order chi connectivity index (χ0) is 20.2. The van der Waals surface area contributed by atoms with Gasteiger partial charge in [-0.05, 0) is 24.6 Å². The highest BCUT2D eigenvalue weighted by Crippen LogP contribution is 2.25. The van der Waals surface area contributed by atoms with Crippen LogP contribution in [0.4, 0.5) is 5.13 Å². The Kier molecular flexibility index (Phi) is 5.35. The summed E-state index contributed by atoms with van der Waals surface area (Å²) in [6.07, 6.45) is 2.55. The Balaban J connectivity index is 1.42. The molecule has 2 aromatic heterocycles. The highest BCUT2D eigenvalue weighted by molar-refractivity contribution is 7.15. The molecule has 0 radical (unpaired) electrons. The SMILES string of the molecule is CC(=O)c1ccc(-c2ccc(C(=O)Nc3ncc(Cc4ccccc4)s3)o2)cc1. The van der Waals surface area contributed by atoms with Crippen LogP contribution >= 0.6 is 11.3 Å². The topological polar surface area (TPSA) is 72.2 Å². The second kappa shape index (κ2) is 8.24. The van der Waals surface area contributed by atoms with Crippen LogP contribution in [0.5, 0.6) is 0 Å². The van der Waals surface area contributed by atoms with Gasteiger partial charge in [0, 0.05) is 28.6 Å². The number of hydrogen-bond donors (Lipinski definition) is 1. The van der Waals surface area contributed by atoms with Crippen LogP contribution in [-0.4, -0.2) is 16.7 Å². The van der Waals surface area contributed by atoms with Crippen LogP contribution in [0.25, 0.3) is 11.3 Å². The molecule has 4 rings (SSSR count). The number of aromatic nitrogens is 1. The Morgan fingerprint density at radius 1 is 1.00 bits per heavy atom. The minimum absolute atomic E-state index is 0.00569. The van der Waals surface area contributed by atoms with Crippen molar-refractivity contribution < 1.29 is 14.0 Å². The maximum atomic E-state index is 12.5. The second-order valence-electron chi connectivity index (χ2n) is 6.55. The van der Waals surface area contributed by atoms with Crippen molar-refractivity contribution in [3.05, 3.63) is 94.7 Å². The summed E-state index contributed by atoms with van der Waals surface area (Å²) in [6.45, 7) is 1.52. The predicted octanol–water partition coefficient (Wildman–Crippen LogP) is 5.45. The summed E-state index contributed by atoms with van der Waals surface area (Å²) in [5, 5.41) is 3.32. The number of nitrogens with zero attached hydrogens (tertiary/aromatic N) is 1. The molecule has 0 aliphatic carbocycles. The third-order valence-corrected chi connectivity index (χ3v) is 5.31. The quantitative estimate of drug-likeness (QED) is 0.435. The van der Waals surface area contributed by atoms with Crippen LogP contribution in [0.15, 0.2) is 77.3 Å². The molecule has 5 nitrogen and oxygen atoms in total. The van der Waals surface area contributed by atoms with Crippen molar-refractivity contribution >= 4 is 28.2 Å². The average Bonchev–Trinajstić information content (AvgIpc) is 3.39. The lowest BCUT2D eigenvalue weighted by Gasteiger charge is -2.00. The van der Waals surface area contributed by atoms with Crippen molar-refractivity contribution in [3.63, 3.8) is 0 Å². The van der Waals surface area contributed by atoms with Gasteiger partial charge in [-0.3, -0.25) is 14.9 Å². The van der Waals surface area contributed by atoms with E-state index < -0.39 is 0 Å². The molecule has 29 heavy (non-hydrogen) atoms. The fourth-order valence-electron chi connectivity index (χ4n) is 2.89. The highest BCUT2D eigenvalue weighted by Gasteiger charge is 2.14. The van der Waals surface area contributed by atoms with Crippen LogP contribution in [0.1, 0.15) is 38.3 Å². The molecular formula is C23H18N2O3S. The van der Waals surface area contributed by atoms with Gasteiger partial charge < -0.3 is 4.42 Å². The number of carbonyl (C=O) groups is 2. The number of anilines is 1. The molecule has 6 heteroatoms. The zero-order valence-electron chi connectivity index (χ0n) is 15.7. The van der Waals surface area contributed by atoms with E-state index in [0.29, 0.717) is 16.5 Å². The summed E-state index contributed by atoms with van der Waals surface area (Å²) in [5.74, 6) is 0.424. The molecule has 1 amide bonds. The first-order valence-electron chi connectivity index (χ1n) is 9.10. The Morgan fingerprint density at radius 2 is 1.76 bits per heavy atom. The van der Waals surface area contributed by atoms with Gasteiger partial charge in [-0.25, -0.2) is 4.98 Å². The molecule has 2 heterocycles. The number of Topliss-reactive ketones (excluding diaryl/α,β-unsaturated/α-hetero) is 1. The van der Waals surface area contributed by atoms with E-state index in [9.17, 15) is 9.59 Å². The molecular weight excluding hydrogens is 384 g/mol. The smallest absolute Gasteiger partial charge is 0.293 e. The number of furan rings is 1. The van der Waals surface area contributed by atoms with Crippen LogP contribution in [-0.2, 0) is 6.42 Å². The standard InChI is InChI=1S/C23H18N2O3S/c1-15(26)17-7-9-18(10-8-17)20-11-12-21(28-20)22(27)25-23-24-14-19(29-23)13-16-5-3-2-4-6-16/h2-12,14H,13H2,1H3,(H,24,25,27). The number of hydrogen-bond acceptors (Lipinski definition) is 5. The number of ketones is 1. The Bertz CT molecular complexity index is 1140. The van der Waals surface area contributed by atoms with Crippen LogP contribution in [0, 0.1) is 0 Å². The first kappa shape index (κ1) is 18.8. The molecule has 0 saturated heterocycles. The molecule has 0 unspecified atom stereocenters. The largest absolute Gasteiger partial charge is 0.451 e. The van der Waals surface area contributed by atoms with E-state index >= 15 is 0 Å². The van der Waals surface area contributed by atoms with Gasteiger partial charge in [0.15, 0.2) is 16.7 Å². The minimum Gasteiger partial charge on any atom is -0.451 e. The van der Waals surface area contributed by atoms with Gasteiger partial charge in [0.1, 0.15) is 5.76 Å². The molecule has 4 aromatic rings. The molecule has 0 spiro atoms. The summed E-state index contributed by atoms with van der Waals surface area (Å²) < 4.78 is 5.69. The summed E-state index contributed by atoms with van der Waals surface area (Å²) in [6, 6.07) is 20.5. The lowest BCUT2D eigenvalue weighted by molar-refractivity contribution is 0.0994. The lowest BCUT2D eigenvalue weighted by Crippen LogP contribution is -2.10. The third-order valence-electron chi connectivity index (χ3n) is 4.40. The van der Waals surface area contributed by atoms with Gasteiger partial charge in [-0.1, -0.05) is 54.6 Å². The maximum Gasteiger partial charge on any atom is 0.293 e. The molecule has 0 bridgehead atoms. The third kappa shape index (κ3) is 4.50. The molecule has 144 valence electrons. The van der Waals surface area contributed by atoms with E-state index in [1.165, 1.54) is 23.8 Å². The van der Waals surface area contributed by atoms with Gasteiger partial charge in [0.05, 0.1) is 0 Å². The number of amides is 1. The first-order valence-corrected chi connectivity index (χ1v) is 9.91. The summed E-state index contributed by atoms with van der Waals surface area (Å²) in [4.78, 5) is 29.2. The molecule has 0 atom stereocenters. The summed E-state index contributed by atoms with van der Waals surface area (Å²) in [7, 11) is 0. The van der Waals surface area contributed by atoms with Gasteiger partial charge >= 0.3 is 0 Å². The number of thiazole rings is 1. The number of rotatable bonds is 6. The monoisotopic (exact) mass is 402 g/mol. The van der Waals surface area contributed by atoms with Crippen LogP contribution in [0.2, 0.25) is 0 Å². The number of benzene rings is 2. The summed E-state index contributed by atoms with van der Waals surface area (Å²) >= 11 is 1.44. The van der Waals surface area contributed by atoms with Crippen molar-refractivity contribution in [2.45, 2.75) is 13.3 Å². The van der Waals surface area contributed by atoms with Gasteiger partial charge in [-0.2, -0.15) is 0 Å². The molecule has 2 aromatic carbocycles. The Morgan fingerprint density at radius 3 is 2.48 bits per heavy atom. The normalized spacial score (nSPS) is 10.7. The van der Waals surface area contributed by atoms with Crippen LogP contribution < -0.4 is 5.32 Å². The van der Waals surface area contributed by atoms with Crippen molar-refractivity contribution in [3.8, 4) is 11.3 Å². The molecule has 0 aliphatic heterocycles. The van der Waals surface area contributed by atoms with E-state index in [1.807, 2.05) is 18.2 Å². The van der Waals surface area contributed by atoms with Crippen molar-refractivity contribution in [1.82, 2.24) is 4.98 Å². The molecule has 1 N–H and O–H groups in total. The number of nitrogens with one attached hydrogen (secondary N) is 1. The van der Waals surface area contributed by atoms with E-state index in [4.69, 9.17) is 4.42 Å². The van der Waals surface area contributed by atoms with Gasteiger partial charge in [-0.15, -0.1) is 11.3 Å². The Labute approximate surface area is 172 Å². The van der Waals surface area contributed by atoms with Crippen molar-refractivity contribution in [2.75, 3.05) is 5.32 Å². The Hall–Kier alpha value is -3.51. The van der Waals surface area contributed by atoms with Gasteiger partial charge in [0.2, 0.25) is 0 Å². The molecule has 0 saturated carbocycles. The number of carbonyl (C=O) groups excluding carboxylic acids is 2. The highest BCUT2D eigenvalue weighted by atomic mass is 32.1. The molecule has 0 fully saturated rings.